The maximum absolute atomic E-state index is 13.1. The molecule has 1 atom stereocenters. The molecule has 0 aromatic heterocycles. The molecule has 0 aliphatic carbocycles. The molecule has 7 heteroatoms. The minimum absolute atomic E-state index is 0.0865. The van der Waals surface area contributed by atoms with Crippen molar-refractivity contribution in [1.82, 2.24) is 10.2 Å². The molecule has 2 aromatic rings. The fraction of sp³-hybridized carbons (Fsp3) is 0.417. The lowest BCUT2D eigenvalue weighted by Gasteiger charge is -2.36. The molecule has 2 aromatic carbocycles. The molecule has 0 saturated heterocycles. The van der Waals surface area contributed by atoms with Crippen LogP contribution in [-0.2, 0) is 27.6 Å². The fourth-order valence-corrected chi connectivity index (χ4v) is 4.03. The monoisotopic (exact) mass is 432 g/mol. The summed E-state index contributed by atoms with van der Waals surface area (Å²) in [6, 6.07) is 12.6. The third-order valence-corrected chi connectivity index (χ3v) is 5.89. The van der Waals surface area contributed by atoms with Crippen molar-refractivity contribution in [2.75, 3.05) is 13.1 Å². The van der Waals surface area contributed by atoms with E-state index in [0.29, 0.717) is 12.1 Å². The van der Waals surface area contributed by atoms with Crippen LogP contribution in [0.2, 0.25) is 0 Å². The summed E-state index contributed by atoms with van der Waals surface area (Å²) in [5.74, 6) is -0.329. The van der Waals surface area contributed by atoms with Gasteiger partial charge in [-0.25, -0.2) is 0 Å². The first-order chi connectivity index (χ1) is 14.5. The smallest absolute Gasteiger partial charge is 0.355 e. The SMILES string of the molecule is CC(=O)N1CCc2ccccc2C1CC(=O)NCC(C)(C)c1cccc(C(F)(F)F)c1. The zero-order valence-electron chi connectivity index (χ0n) is 17.9. The molecular weight excluding hydrogens is 405 g/mol. The van der Waals surface area contributed by atoms with Crippen molar-refractivity contribution < 1.29 is 22.8 Å². The van der Waals surface area contributed by atoms with Crippen LogP contribution in [0.1, 0.15) is 55.5 Å². The summed E-state index contributed by atoms with van der Waals surface area (Å²) in [5.41, 5.74) is 1.19. The summed E-state index contributed by atoms with van der Waals surface area (Å²) in [6.45, 7) is 5.82. The molecule has 2 amide bonds. The highest BCUT2D eigenvalue weighted by Gasteiger charge is 2.33. The van der Waals surface area contributed by atoms with Gasteiger partial charge in [0.05, 0.1) is 18.0 Å². The van der Waals surface area contributed by atoms with Gasteiger partial charge in [0, 0.05) is 25.4 Å². The molecule has 0 saturated carbocycles. The summed E-state index contributed by atoms with van der Waals surface area (Å²) < 4.78 is 39.2. The van der Waals surface area contributed by atoms with Crippen LogP contribution in [-0.4, -0.2) is 29.8 Å². The minimum Gasteiger partial charge on any atom is -0.355 e. The number of alkyl halides is 3. The molecule has 1 aliphatic heterocycles. The van der Waals surface area contributed by atoms with Crippen LogP contribution in [0, 0.1) is 0 Å². The maximum atomic E-state index is 13.1. The van der Waals surface area contributed by atoms with Crippen molar-refractivity contribution in [3.05, 3.63) is 70.8 Å². The topological polar surface area (TPSA) is 49.4 Å². The Balaban J connectivity index is 1.71. The summed E-state index contributed by atoms with van der Waals surface area (Å²) in [4.78, 5) is 26.6. The molecule has 1 unspecified atom stereocenters. The van der Waals surface area contributed by atoms with E-state index in [1.165, 1.54) is 13.0 Å². The van der Waals surface area contributed by atoms with Crippen LogP contribution in [0.3, 0.4) is 0 Å². The van der Waals surface area contributed by atoms with E-state index in [1.54, 1.807) is 24.8 Å². The number of hydrogen-bond donors (Lipinski definition) is 1. The van der Waals surface area contributed by atoms with Crippen molar-refractivity contribution in [3.8, 4) is 0 Å². The first kappa shape index (κ1) is 22.8. The maximum Gasteiger partial charge on any atom is 0.416 e. The van der Waals surface area contributed by atoms with Gasteiger partial charge in [-0.15, -0.1) is 0 Å². The summed E-state index contributed by atoms with van der Waals surface area (Å²) in [7, 11) is 0. The Morgan fingerprint density at radius 2 is 1.74 bits per heavy atom. The van der Waals surface area contributed by atoms with Crippen LogP contribution < -0.4 is 5.32 Å². The summed E-state index contributed by atoms with van der Waals surface area (Å²) in [6.07, 6.45) is -3.56. The Bertz CT molecular complexity index is 969. The van der Waals surface area contributed by atoms with E-state index in [0.717, 1.165) is 29.7 Å². The molecule has 0 spiro atoms. The second kappa shape index (κ2) is 8.73. The van der Waals surface area contributed by atoms with Gasteiger partial charge in [0.15, 0.2) is 0 Å². The van der Waals surface area contributed by atoms with E-state index >= 15 is 0 Å². The number of benzene rings is 2. The van der Waals surface area contributed by atoms with Crippen LogP contribution >= 0.6 is 0 Å². The van der Waals surface area contributed by atoms with Crippen LogP contribution in [0.5, 0.6) is 0 Å². The number of nitrogens with zero attached hydrogens (tertiary/aromatic N) is 1. The number of carbonyl (C=O) groups is 2. The number of hydrogen-bond acceptors (Lipinski definition) is 2. The Kier molecular flexibility index (Phi) is 6.43. The zero-order chi connectivity index (χ0) is 22.8. The molecule has 31 heavy (non-hydrogen) atoms. The van der Waals surface area contributed by atoms with Gasteiger partial charge in [0.1, 0.15) is 0 Å². The van der Waals surface area contributed by atoms with Crippen LogP contribution in [0.4, 0.5) is 13.2 Å². The van der Waals surface area contributed by atoms with Gasteiger partial charge in [-0.2, -0.15) is 13.2 Å². The third-order valence-electron chi connectivity index (χ3n) is 5.89. The molecule has 166 valence electrons. The highest BCUT2D eigenvalue weighted by atomic mass is 19.4. The fourth-order valence-electron chi connectivity index (χ4n) is 4.03. The van der Waals surface area contributed by atoms with E-state index in [-0.39, 0.29) is 30.8 Å². The summed E-state index contributed by atoms with van der Waals surface area (Å²) in [5, 5.41) is 2.86. The van der Waals surface area contributed by atoms with Crippen LogP contribution in [0.25, 0.3) is 0 Å². The van der Waals surface area contributed by atoms with Crippen molar-refractivity contribution in [2.24, 2.45) is 0 Å². The third kappa shape index (κ3) is 5.27. The highest BCUT2D eigenvalue weighted by molar-refractivity contribution is 5.79. The number of fused-ring (bicyclic) bond motifs is 1. The number of rotatable bonds is 5. The molecule has 0 bridgehead atoms. The van der Waals surface area contributed by atoms with Gasteiger partial charge in [-0.1, -0.05) is 56.3 Å². The van der Waals surface area contributed by atoms with Gasteiger partial charge in [0.2, 0.25) is 11.8 Å². The first-order valence-electron chi connectivity index (χ1n) is 10.3. The lowest BCUT2D eigenvalue weighted by Crippen LogP contribution is -2.43. The van der Waals surface area contributed by atoms with E-state index in [4.69, 9.17) is 0 Å². The molecule has 1 N–H and O–H groups in total. The Labute approximate surface area is 180 Å². The van der Waals surface area contributed by atoms with Gasteiger partial charge >= 0.3 is 6.18 Å². The lowest BCUT2D eigenvalue weighted by atomic mass is 9.83. The molecule has 0 radical (unpaired) electrons. The van der Waals surface area contributed by atoms with Crippen molar-refractivity contribution >= 4 is 11.8 Å². The largest absolute Gasteiger partial charge is 0.416 e. The lowest BCUT2D eigenvalue weighted by molar-refractivity contribution is -0.138. The highest BCUT2D eigenvalue weighted by Crippen LogP contribution is 2.34. The predicted octanol–water partition coefficient (Wildman–Crippen LogP) is 4.64. The van der Waals surface area contributed by atoms with E-state index in [2.05, 4.69) is 5.32 Å². The second-order valence-electron chi connectivity index (χ2n) is 8.62. The number of halogens is 3. The molecule has 1 aliphatic rings. The predicted molar refractivity (Wildman–Crippen MR) is 112 cm³/mol. The molecule has 4 nitrogen and oxygen atoms in total. The molecular formula is C24H27F3N2O2. The molecule has 0 fully saturated rings. The van der Waals surface area contributed by atoms with Gasteiger partial charge in [-0.05, 0) is 29.2 Å². The Hall–Kier alpha value is -2.83. The van der Waals surface area contributed by atoms with Gasteiger partial charge < -0.3 is 10.2 Å². The number of carbonyl (C=O) groups excluding carboxylic acids is 2. The summed E-state index contributed by atoms with van der Waals surface area (Å²) >= 11 is 0. The first-order valence-corrected chi connectivity index (χ1v) is 10.3. The standard InChI is InChI=1S/C24H27F3N2O2/c1-16(30)29-12-11-17-7-4-5-10-20(17)21(29)14-22(31)28-15-23(2,3)18-8-6-9-19(13-18)24(25,26)27/h4-10,13,21H,11-12,14-15H2,1-3H3,(H,28,31). The average molecular weight is 432 g/mol. The van der Waals surface area contributed by atoms with Crippen molar-refractivity contribution in [3.63, 3.8) is 0 Å². The molecule has 1 heterocycles. The van der Waals surface area contributed by atoms with E-state index < -0.39 is 17.2 Å². The van der Waals surface area contributed by atoms with Crippen molar-refractivity contribution in [1.29, 1.82) is 0 Å². The zero-order valence-corrected chi connectivity index (χ0v) is 17.9. The van der Waals surface area contributed by atoms with Gasteiger partial charge in [0.25, 0.3) is 0 Å². The Morgan fingerprint density at radius 1 is 1.06 bits per heavy atom. The van der Waals surface area contributed by atoms with E-state index in [1.807, 2.05) is 24.3 Å². The minimum atomic E-state index is -4.42. The van der Waals surface area contributed by atoms with Crippen molar-refractivity contribution in [2.45, 2.75) is 51.2 Å². The van der Waals surface area contributed by atoms with E-state index in [9.17, 15) is 22.8 Å². The Morgan fingerprint density at radius 3 is 2.42 bits per heavy atom. The number of amides is 2. The average Bonchev–Trinajstić information content (AvgIpc) is 2.72. The molecule has 3 rings (SSSR count). The second-order valence-corrected chi connectivity index (χ2v) is 8.62. The normalized spacial score (nSPS) is 16.6. The number of nitrogens with one attached hydrogen (secondary N) is 1. The van der Waals surface area contributed by atoms with Gasteiger partial charge in [-0.3, -0.25) is 9.59 Å². The van der Waals surface area contributed by atoms with Crippen LogP contribution in [0.15, 0.2) is 48.5 Å². The quantitative estimate of drug-likeness (QED) is 0.749.